The zero-order chi connectivity index (χ0) is 14.0. The molecule has 18 heavy (non-hydrogen) atoms. The summed E-state index contributed by atoms with van der Waals surface area (Å²) >= 11 is 0. The Labute approximate surface area is 97.2 Å². The van der Waals surface area contributed by atoms with Crippen LogP contribution in [0, 0.1) is 11.7 Å². The molecule has 0 saturated heterocycles. The van der Waals surface area contributed by atoms with Gasteiger partial charge in [0.2, 0.25) is 0 Å². The Hall–Kier alpha value is -1.47. The van der Waals surface area contributed by atoms with Gasteiger partial charge in [0.25, 0.3) is 0 Å². The molecule has 0 saturated carbocycles. The van der Waals surface area contributed by atoms with Crippen molar-refractivity contribution in [2.24, 2.45) is 5.92 Å². The Morgan fingerprint density at radius 3 is 1.89 bits per heavy atom. The average Bonchev–Trinajstić information content (AvgIpc) is 2.17. The zero-order valence-electron chi connectivity index (χ0n) is 8.65. The molecule has 0 fully saturated rings. The van der Waals surface area contributed by atoms with E-state index in [-0.39, 0.29) is 0 Å². The van der Waals surface area contributed by atoms with Crippen molar-refractivity contribution in [2.75, 3.05) is 6.61 Å². The van der Waals surface area contributed by atoms with Crippen molar-refractivity contribution < 1.29 is 35.5 Å². The van der Waals surface area contributed by atoms with Crippen LogP contribution < -0.4 is 4.74 Å². The van der Waals surface area contributed by atoms with E-state index >= 15 is 0 Å². The molecule has 102 valence electrons. The Balaban J connectivity index is 2.79. The van der Waals surface area contributed by atoms with Crippen molar-refractivity contribution in [1.29, 1.82) is 0 Å². The lowest BCUT2D eigenvalue weighted by molar-refractivity contribution is -0.289. The normalized spacial score (nSPS) is 12.9. The molecule has 0 radical (unpaired) electrons. The van der Waals surface area contributed by atoms with E-state index in [0.29, 0.717) is 0 Å². The van der Waals surface area contributed by atoms with Gasteiger partial charge in [0.15, 0.2) is 17.5 Å². The van der Waals surface area contributed by atoms with Crippen LogP contribution in [-0.2, 0) is 0 Å². The van der Waals surface area contributed by atoms with Gasteiger partial charge in [0, 0.05) is 0 Å². The van der Waals surface area contributed by atoms with Crippen molar-refractivity contribution in [3.63, 3.8) is 0 Å². The minimum atomic E-state index is -5.50. The largest absolute Gasteiger partial charge is 0.490 e. The first-order valence-corrected chi connectivity index (χ1v) is 4.63. The second-order valence-electron chi connectivity index (χ2n) is 3.38. The molecule has 1 nitrogen and oxygen atoms in total. The fourth-order valence-corrected chi connectivity index (χ4v) is 1.11. The number of rotatable bonds is 3. The van der Waals surface area contributed by atoms with E-state index < -0.39 is 36.4 Å². The quantitative estimate of drug-likeness (QED) is 0.760. The number of hydrogen-bond acceptors (Lipinski definition) is 1. The maximum Gasteiger partial charge on any atom is 0.403 e. The summed E-state index contributed by atoms with van der Waals surface area (Å²) in [6, 6.07) is 4.27. The molecule has 0 aromatic heterocycles. The highest BCUT2D eigenvalue weighted by Crippen LogP contribution is 2.39. The van der Waals surface area contributed by atoms with Crippen LogP contribution in [0.2, 0.25) is 0 Å². The summed E-state index contributed by atoms with van der Waals surface area (Å²) in [5.41, 5.74) is 0. The predicted molar refractivity (Wildman–Crippen MR) is 47.5 cm³/mol. The number of para-hydroxylation sites is 1. The van der Waals surface area contributed by atoms with E-state index in [1.807, 2.05) is 0 Å². The lowest BCUT2D eigenvalue weighted by atomic mass is 10.1. The summed E-state index contributed by atoms with van der Waals surface area (Å²) < 4.78 is 89.9. The van der Waals surface area contributed by atoms with Gasteiger partial charge in [-0.05, 0) is 12.1 Å². The Morgan fingerprint density at radius 1 is 0.944 bits per heavy atom. The van der Waals surface area contributed by atoms with E-state index in [1.165, 1.54) is 12.1 Å². The van der Waals surface area contributed by atoms with Crippen LogP contribution in [0.25, 0.3) is 0 Å². The SMILES string of the molecule is Fc1ccccc1OCC(C(F)(F)F)C(F)(F)F. The van der Waals surface area contributed by atoms with Gasteiger partial charge in [-0.3, -0.25) is 0 Å². The van der Waals surface area contributed by atoms with E-state index in [0.717, 1.165) is 12.1 Å². The average molecular weight is 276 g/mol. The van der Waals surface area contributed by atoms with E-state index in [9.17, 15) is 30.7 Å². The number of halogens is 7. The lowest BCUT2D eigenvalue weighted by Crippen LogP contribution is -2.40. The molecule has 0 N–H and O–H groups in total. The molecule has 1 rings (SSSR count). The molecule has 0 heterocycles. The molecule has 1 aromatic carbocycles. The van der Waals surface area contributed by atoms with Crippen molar-refractivity contribution >= 4 is 0 Å². The first-order valence-electron chi connectivity index (χ1n) is 4.63. The standard InChI is InChI=1S/C10H7F7O/c11-6-3-1-2-4-7(6)18-5-8(9(12,13)14)10(15,16)17/h1-4,8H,5H2. The van der Waals surface area contributed by atoms with Crippen LogP contribution in [0.1, 0.15) is 0 Å². The second kappa shape index (κ2) is 5.03. The van der Waals surface area contributed by atoms with Gasteiger partial charge in [-0.2, -0.15) is 26.3 Å². The minimum Gasteiger partial charge on any atom is -0.490 e. The maximum absolute atomic E-state index is 12.9. The van der Waals surface area contributed by atoms with Crippen LogP contribution in [0.3, 0.4) is 0 Å². The molecule has 0 unspecified atom stereocenters. The smallest absolute Gasteiger partial charge is 0.403 e. The summed E-state index contributed by atoms with van der Waals surface area (Å²) in [4.78, 5) is 0. The Morgan fingerprint density at radius 2 is 1.44 bits per heavy atom. The number of benzene rings is 1. The molecule has 0 aliphatic rings. The molecule has 0 bridgehead atoms. The van der Waals surface area contributed by atoms with Crippen LogP contribution >= 0.6 is 0 Å². The summed E-state index contributed by atoms with van der Waals surface area (Å²) in [5.74, 6) is -5.33. The van der Waals surface area contributed by atoms with E-state index in [2.05, 4.69) is 4.74 Å². The number of alkyl halides is 6. The molecule has 8 heteroatoms. The summed E-state index contributed by atoms with van der Waals surface area (Å²) in [7, 11) is 0. The Bertz CT molecular complexity index is 382. The lowest BCUT2D eigenvalue weighted by Gasteiger charge is -2.23. The van der Waals surface area contributed by atoms with Crippen LogP contribution in [0.15, 0.2) is 24.3 Å². The summed E-state index contributed by atoms with van der Waals surface area (Å²) in [5, 5.41) is 0. The van der Waals surface area contributed by atoms with Gasteiger partial charge < -0.3 is 4.74 Å². The highest BCUT2D eigenvalue weighted by atomic mass is 19.4. The third-order valence-electron chi connectivity index (χ3n) is 2.03. The van der Waals surface area contributed by atoms with Gasteiger partial charge >= 0.3 is 12.4 Å². The van der Waals surface area contributed by atoms with Crippen LogP contribution in [0.4, 0.5) is 30.7 Å². The van der Waals surface area contributed by atoms with Crippen LogP contribution in [0.5, 0.6) is 5.75 Å². The summed E-state index contributed by atoms with van der Waals surface area (Å²) in [6.45, 7) is -1.71. The van der Waals surface area contributed by atoms with Gasteiger partial charge in [-0.15, -0.1) is 0 Å². The van der Waals surface area contributed by atoms with Crippen LogP contribution in [-0.4, -0.2) is 19.0 Å². The zero-order valence-corrected chi connectivity index (χ0v) is 8.65. The molecule has 1 aromatic rings. The third kappa shape index (κ3) is 3.78. The Kier molecular flexibility index (Phi) is 4.08. The maximum atomic E-state index is 12.9. The van der Waals surface area contributed by atoms with Gasteiger partial charge in [-0.1, -0.05) is 12.1 Å². The van der Waals surface area contributed by atoms with Gasteiger partial charge in [0.1, 0.15) is 6.61 Å². The second-order valence-corrected chi connectivity index (χ2v) is 3.38. The predicted octanol–water partition coefficient (Wildman–Crippen LogP) is 3.95. The summed E-state index contributed by atoms with van der Waals surface area (Å²) in [6.07, 6.45) is -11.0. The highest BCUT2D eigenvalue weighted by molar-refractivity contribution is 5.23. The minimum absolute atomic E-state index is 0.656. The number of ether oxygens (including phenoxy) is 1. The molecule has 0 aliphatic heterocycles. The number of hydrogen-bond donors (Lipinski definition) is 0. The van der Waals surface area contributed by atoms with Crippen molar-refractivity contribution in [3.8, 4) is 5.75 Å². The fraction of sp³-hybridized carbons (Fsp3) is 0.400. The topological polar surface area (TPSA) is 9.23 Å². The fourth-order valence-electron chi connectivity index (χ4n) is 1.11. The van der Waals surface area contributed by atoms with Gasteiger partial charge in [0.05, 0.1) is 0 Å². The van der Waals surface area contributed by atoms with E-state index in [4.69, 9.17) is 0 Å². The molecule has 0 spiro atoms. The van der Waals surface area contributed by atoms with Crippen molar-refractivity contribution in [1.82, 2.24) is 0 Å². The van der Waals surface area contributed by atoms with Crippen molar-refractivity contribution in [3.05, 3.63) is 30.1 Å². The first kappa shape index (κ1) is 14.6. The molecule has 0 amide bonds. The van der Waals surface area contributed by atoms with Gasteiger partial charge in [-0.25, -0.2) is 4.39 Å². The molecular formula is C10H7F7O. The molecule has 0 aliphatic carbocycles. The highest BCUT2D eigenvalue weighted by Gasteiger charge is 2.57. The first-order chi connectivity index (χ1) is 8.12. The monoisotopic (exact) mass is 276 g/mol. The molecular weight excluding hydrogens is 269 g/mol. The van der Waals surface area contributed by atoms with Crippen molar-refractivity contribution in [2.45, 2.75) is 12.4 Å². The molecule has 0 atom stereocenters. The van der Waals surface area contributed by atoms with E-state index in [1.54, 1.807) is 0 Å². The third-order valence-corrected chi connectivity index (χ3v) is 2.03.